The van der Waals surface area contributed by atoms with Crippen LogP contribution in [0.25, 0.3) is 11.0 Å². The molecule has 1 aromatic heterocycles. The fourth-order valence-corrected chi connectivity index (χ4v) is 2.75. The largest absolute Gasteiger partial charge is 0.317 e. The SMILES string of the molecule is Clc1nc2ccccc2n1C1CCNCC1. The van der Waals surface area contributed by atoms with Gasteiger partial charge < -0.3 is 9.88 Å². The number of hydrogen-bond donors (Lipinski definition) is 1. The third-order valence-electron chi connectivity index (χ3n) is 3.23. The van der Waals surface area contributed by atoms with E-state index in [2.05, 4.69) is 20.9 Å². The topological polar surface area (TPSA) is 29.9 Å². The first-order valence-electron chi connectivity index (χ1n) is 5.69. The number of imidazole rings is 1. The summed E-state index contributed by atoms with van der Waals surface area (Å²) in [5, 5.41) is 3.99. The molecule has 1 saturated heterocycles. The van der Waals surface area contributed by atoms with Crippen LogP contribution in [-0.2, 0) is 0 Å². The van der Waals surface area contributed by atoms with Gasteiger partial charge in [0.15, 0.2) is 0 Å². The fraction of sp³-hybridized carbons (Fsp3) is 0.417. The standard InChI is InChI=1S/C12H14ClN3/c13-12-15-10-3-1-2-4-11(10)16(12)9-5-7-14-8-6-9/h1-4,9,14H,5-8H2. The van der Waals surface area contributed by atoms with Crippen molar-refractivity contribution < 1.29 is 0 Å². The molecule has 3 nitrogen and oxygen atoms in total. The molecule has 1 aromatic carbocycles. The molecule has 0 amide bonds. The summed E-state index contributed by atoms with van der Waals surface area (Å²) in [6, 6.07) is 8.63. The second kappa shape index (κ2) is 4.07. The third kappa shape index (κ3) is 1.60. The van der Waals surface area contributed by atoms with Gasteiger partial charge in [0, 0.05) is 6.04 Å². The molecule has 2 aromatic rings. The van der Waals surface area contributed by atoms with Crippen LogP contribution in [0.1, 0.15) is 18.9 Å². The molecule has 84 valence electrons. The van der Waals surface area contributed by atoms with E-state index >= 15 is 0 Å². The Kier molecular flexibility index (Phi) is 2.58. The highest BCUT2D eigenvalue weighted by Crippen LogP contribution is 2.28. The van der Waals surface area contributed by atoms with Crippen molar-refractivity contribution in [1.82, 2.24) is 14.9 Å². The van der Waals surface area contributed by atoms with E-state index < -0.39 is 0 Å². The second-order valence-electron chi connectivity index (χ2n) is 4.22. The van der Waals surface area contributed by atoms with Crippen LogP contribution in [0, 0.1) is 0 Å². The van der Waals surface area contributed by atoms with Gasteiger partial charge in [0.1, 0.15) is 0 Å². The first kappa shape index (κ1) is 10.1. The zero-order chi connectivity index (χ0) is 11.0. The van der Waals surface area contributed by atoms with Crippen molar-refractivity contribution in [2.24, 2.45) is 0 Å². The molecule has 16 heavy (non-hydrogen) atoms. The predicted octanol–water partition coefficient (Wildman–Crippen LogP) is 2.61. The average Bonchev–Trinajstić information content (AvgIpc) is 2.66. The molecular formula is C12H14ClN3. The summed E-state index contributed by atoms with van der Waals surface area (Å²) in [5.74, 6) is 0. The van der Waals surface area contributed by atoms with Crippen molar-refractivity contribution in [3.8, 4) is 0 Å². The van der Waals surface area contributed by atoms with E-state index in [0.29, 0.717) is 11.3 Å². The van der Waals surface area contributed by atoms with Crippen LogP contribution in [0.5, 0.6) is 0 Å². The lowest BCUT2D eigenvalue weighted by atomic mass is 10.1. The summed E-state index contributed by atoms with van der Waals surface area (Å²) in [6.45, 7) is 2.13. The Labute approximate surface area is 99.4 Å². The highest BCUT2D eigenvalue weighted by atomic mass is 35.5. The Balaban J connectivity index is 2.10. The number of aromatic nitrogens is 2. The molecule has 1 N–H and O–H groups in total. The molecule has 3 rings (SSSR count). The first-order chi connectivity index (χ1) is 7.86. The van der Waals surface area contributed by atoms with Crippen LogP contribution < -0.4 is 5.32 Å². The van der Waals surface area contributed by atoms with Crippen molar-refractivity contribution in [2.75, 3.05) is 13.1 Å². The molecule has 0 aliphatic carbocycles. The van der Waals surface area contributed by atoms with E-state index in [4.69, 9.17) is 11.6 Å². The number of para-hydroxylation sites is 2. The summed E-state index contributed by atoms with van der Waals surface area (Å²) < 4.78 is 2.18. The predicted molar refractivity (Wildman–Crippen MR) is 65.9 cm³/mol. The summed E-state index contributed by atoms with van der Waals surface area (Å²) in [4.78, 5) is 4.40. The Morgan fingerprint density at radius 3 is 2.81 bits per heavy atom. The van der Waals surface area contributed by atoms with Gasteiger partial charge >= 0.3 is 0 Å². The number of benzene rings is 1. The molecule has 0 radical (unpaired) electrons. The highest BCUT2D eigenvalue weighted by molar-refractivity contribution is 6.29. The van der Waals surface area contributed by atoms with Crippen LogP contribution in [0.3, 0.4) is 0 Å². The van der Waals surface area contributed by atoms with Crippen LogP contribution >= 0.6 is 11.6 Å². The molecule has 0 spiro atoms. The minimum atomic E-state index is 0.487. The monoisotopic (exact) mass is 235 g/mol. The van der Waals surface area contributed by atoms with E-state index in [1.54, 1.807) is 0 Å². The number of piperidine rings is 1. The Morgan fingerprint density at radius 1 is 1.25 bits per heavy atom. The zero-order valence-corrected chi connectivity index (χ0v) is 9.74. The van der Waals surface area contributed by atoms with Gasteiger partial charge in [-0.15, -0.1) is 0 Å². The van der Waals surface area contributed by atoms with Crippen molar-refractivity contribution in [3.05, 3.63) is 29.5 Å². The first-order valence-corrected chi connectivity index (χ1v) is 6.07. The number of nitrogens with one attached hydrogen (secondary N) is 1. The maximum atomic E-state index is 6.23. The lowest BCUT2D eigenvalue weighted by molar-refractivity contribution is 0.375. The number of nitrogens with zero attached hydrogens (tertiary/aromatic N) is 2. The van der Waals surface area contributed by atoms with Gasteiger partial charge in [-0.05, 0) is 49.7 Å². The number of hydrogen-bond acceptors (Lipinski definition) is 2. The number of fused-ring (bicyclic) bond motifs is 1. The highest BCUT2D eigenvalue weighted by Gasteiger charge is 2.19. The second-order valence-corrected chi connectivity index (χ2v) is 4.56. The maximum Gasteiger partial charge on any atom is 0.204 e. The molecule has 0 atom stereocenters. The smallest absolute Gasteiger partial charge is 0.204 e. The molecular weight excluding hydrogens is 222 g/mol. The van der Waals surface area contributed by atoms with Crippen molar-refractivity contribution in [2.45, 2.75) is 18.9 Å². The van der Waals surface area contributed by atoms with Crippen molar-refractivity contribution in [3.63, 3.8) is 0 Å². The van der Waals surface area contributed by atoms with E-state index in [9.17, 15) is 0 Å². The van der Waals surface area contributed by atoms with Crippen molar-refractivity contribution in [1.29, 1.82) is 0 Å². The third-order valence-corrected chi connectivity index (χ3v) is 3.49. The molecule has 0 unspecified atom stereocenters. The van der Waals surface area contributed by atoms with Gasteiger partial charge in [0.05, 0.1) is 11.0 Å². The maximum absolute atomic E-state index is 6.23. The lowest BCUT2D eigenvalue weighted by Gasteiger charge is -2.25. The van der Waals surface area contributed by atoms with Crippen molar-refractivity contribution >= 4 is 22.6 Å². The van der Waals surface area contributed by atoms with E-state index in [-0.39, 0.29) is 0 Å². The molecule has 4 heteroatoms. The quantitative estimate of drug-likeness (QED) is 0.824. The minimum absolute atomic E-state index is 0.487. The summed E-state index contributed by atoms with van der Waals surface area (Å²) in [7, 11) is 0. The van der Waals surface area contributed by atoms with Crippen LogP contribution in [-0.4, -0.2) is 22.6 Å². The van der Waals surface area contributed by atoms with Gasteiger partial charge in [0.2, 0.25) is 5.28 Å². The van der Waals surface area contributed by atoms with Gasteiger partial charge in [-0.3, -0.25) is 0 Å². The number of rotatable bonds is 1. The molecule has 1 aliphatic rings. The summed E-state index contributed by atoms with van der Waals surface area (Å²) in [5.41, 5.74) is 2.14. The summed E-state index contributed by atoms with van der Waals surface area (Å²) in [6.07, 6.45) is 2.25. The van der Waals surface area contributed by atoms with Gasteiger partial charge in [0.25, 0.3) is 0 Å². The van der Waals surface area contributed by atoms with Gasteiger partial charge in [-0.1, -0.05) is 12.1 Å². The Bertz CT molecular complexity index is 500. The summed E-state index contributed by atoms with van der Waals surface area (Å²) >= 11 is 6.23. The number of halogens is 1. The van der Waals surface area contributed by atoms with E-state index in [1.807, 2.05) is 18.2 Å². The van der Waals surface area contributed by atoms with Gasteiger partial charge in [-0.2, -0.15) is 0 Å². The Morgan fingerprint density at radius 2 is 2.00 bits per heavy atom. The van der Waals surface area contributed by atoms with Crippen LogP contribution in [0.15, 0.2) is 24.3 Å². The normalized spacial score (nSPS) is 18.1. The Hall–Kier alpha value is -1.06. The molecule has 2 heterocycles. The fourth-order valence-electron chi connectivity index (χ4n) is 2.43. The van der Waals surface area contributed by atoms with E-state index in [0.717, 1.165) is 37.0 Å². The van der Waals surface area contributed by atoms with E-state index in [1.165, 1.54) is 0 Å². The van der Waals surface area contributed by atoms with Crippen LogP contribution in [0.4, 0.5) is 0 Å². The molecule has 1 fully saturated rings. The molecule has 0 bridgehead atoms. The van der Waals surface area contributed by atoms with Gasteiger partial charge in [-0.25, -0.2) is 4.98 Å². The lowest BCUT2D eigenvalue weighted by Crippen LogP contribution is -2.29. The molecule has 1 aliphatic heterocycles. The zero-order valence-electron chi connectivity index (χ0n) is 8.99. The molecule has 0 saturated carbocycles. The van der Waals surface area contributed by atoms with Crippen LogP contribution in [0.2, 0.25) is 5.28 Å². The average molecular weight is 236 g/mol. The minimum Gasteiger partial charge on any atom is -0.317 e.